The summed E-state index contributed by atoms with van der Waals surface area (Å²) in [5.74, 6) is 0. The van der Waals surface area contributed by atoms with Crippen molar-refractivity contribution in [1.29, 1.82) is 0 Å². The highest BCUT2D eigenvalue weighted by Crippen LogP contribution is 2.08. The third-order valence-electron chi connectivity index (χ3n) is 2.36. The van der Waals surface area contributed by atoms with Gasteiger partial charge in [0.25, 0.3) is 0 Å². The third-order valence-corrected chi connectivity index (χ3v) is 2.36. The number of hydrogen-bond donors (Lipinski definition) is 2. The minimum Gasteiger partial charge on any atom is -0.381 e. The summed E-state index contributed by atoms with van der Waals surface area (Å²) in [5.41, 5.74) is 8.78. The number of nitrogens with one attached hydrogen (secondary N) is 1. The zero-order valence-electron chi connectivity index (χ0n) is 9.06. The molecule has 0 radical (unpaired) electrons. The van der Waals surface area contributed by atoms with E-state index in [0.29, 0.717) is 6.54 Å². The average Bonchev–Trinajstić information content (AvgIpc) is 2.38. The predicted octanol–water partition coefficient (Wildman–Crippen LogP) is 2.15. The predicted molar refractivity (Wildman–Crippen MR) is 65.9 cm³/mol. The Bertz CT molecular complexity index is 440. The normalized spacial score (nSPS) is 10.1. The molecule has 2 aromatic rings. The van der Waals surface area contributed by atoms with E-state index in [1.54, 1.807) is 6.20 Å². The molecule has 16 heavy (non-hydrogen) atoms. The molecule has 1 heterocycles. The quantitative estimate of drug-likeness (QED) is 0.818. The maximum Gasteiger partial charge on any atom is 0.0542 e. The summed E-state index contributed by atoms with van der Waals surface area (Å²) in [6, 6.07) is 14.1. The van der Waals surface area contributed by atoms with E-state index in [-0.39, 0.29) is 0 Å². The molecule has 0 saturated carbocycles. The van der Waals surface area contributed by atoms with Crippen LogP contribution in [0, 0.1) is 0 Å². The lowest BCUT2D eigenvalue weighted by Gasteiger charge is -2.06. The fourth-order valence-electron chi connectivity index (χ4n) is 1.51. The number of aromatic nitrogens is 1. The van der Waals surface area contributed by atoms with Gasteiger partial charge in [-0.15, -0.1) is 0 Å². The Balaban J connectivity index is 1.99. The molecule has 1 aromatic carbocycles. The molecule has 3 heteroatoms. The van der Waals surface area contributed by atoms with E-state index in [2.05, 4.69) is 10.3 Å². The number of anilines is 1. The van der Waals surface area contributed by atoms with Crippen LogP contribution in [0.15, 0.2) is 48.7 Å². The Morgan fingerprint density at radius 2 is 1.94 bits per heavy atom. The first-order valence-corrected chi connectivity index (χ1v) is 5.31. The van der Waals surface area contributed by atoms with Crippen LogP contribution >= 0.6 is 0 Å². The highest BCUT2D eigenvalue weighted by atomic mass is 14.9. The Morgan fingerprint density at radius 3 is 2.69 bits per heavy atom. The number of benzene rings is 1. The lowest BCUT2D eigenvalue weighted by molar-refractivity contribution is 0.973. The van der Waals surface area contributed by atoms with E-state index >= 15 is 0 Å². The van der Waals surface area contributed by atoms with Crippen molar-refractivity contribution in [3.05, 3.63) is 59.9 Å². The Kier molecular flexibility index (Phi) is 3.51. The van der Waals surface area contributed by atoms with Gasteiger partial charge in [-0.3, -0.25) is 4.98 Å². The summed E-state index contributed by atoms with van der Waals surface area (Å²) in [4.78, 5) is 4.16. The van der Waals surface area contributed by atoms with Gasteiger partial charge in [0.15, 0.2) is 0 Å². The van der Waals surface area contributed by atoms with Crippen LogP contribution in [0.2, 0.25) is 0 Å². The van der Waals surface area contributed by atoms with Gasteiger partial charge in [-0.05, 0) is 29.8 Å². The fraction of sp³-hybridized carbons (Fsp3) is 0.154. The standard InChI is InChI=1S/C13H15N3/c14-9-13-8-11(6-7-15-13)10-16-12-4-2-1-3-5-12/h1-8,16H,9-10,14H2. The van der Waals surface area contributed by atoms with Crippen LogP contribution < -0.4 is 11.1 Å². The van der Waals surface area contributed by atoms with Crippen molar-refractivity contribution in [3.8, 4) is 0 Å². The summed E-state index contributed by atoms with van der Waals surface area (Å²) < 4.78 is 0. The maximum atomic E-state index is 5.54. The molecular formula is C13H15N3. The molecule has 0 unspecified atom stereocenters. The summed E-state index contributed by atoms with van der Waals surface area (Å²) in [5, 5.41) is 3.34. The van der Waals surface area contributed by atoms with E-state index in [9.17, 15) is 0 Å². The first kappa shape index (κ1) is 10.6. The van der Waals surface area contributed by atoms with Crippen LogP contribution in [0.1, 0.15) is 11.3 Å². The fourth-order valence-corrected chi connectivity index (χ4v) is 1.51. The second-order valence-electron chi connectivity index (χ2n) is 3.58. The van der Waals surface area contributed by atoms with E-state index < -0.39 is 0 Å². The molecule has 0 saturated heterocycles. The van der Waals surface area contributed by atoms with Crippen molar-refractivity contribution in [3.63, 3.8) is 0 Å². The summed E-state index contributed by atoms with van der Waals surface area (Å²) in [7, 11) is 0. The van der Waals surface area contributed by atoms with Crippen molar-refractivity contribution in [1.82, 2.24) is 4.98 Å². The second-order valence-corrected chi connectivity index (χ2v) is 3.58. The molecule has 2 rings (SSSR count). The van der Waals surface area contributed by atoms with Crippen LogP contribution in [0.5, 0.6) is 0 Å². The van der Waals surface area contributed by atoms with E-state index in [1.807, 2.05) is 42.5 Å². The van der Waals surface area contributed by atoms with Crippen LogP contribution in [-0.4, -0.2) is 4.98 Å². The number of nitrogens with two attached hydrogens (primary N) is 1. The molecule has 0 aliphatic rings. The SMILES string of the molecule is NCc1cc(CNc2ccccc2)ccn1. The van der Waals surface area contributed by atoms with E-state index in [1.165, 1.54) is 5.56 Å². The summed E-state index contributed by atoms with van der Waals surface area (Å²) >= 11 is 0. The molecule has 82 valence electrons. The summed E-state index contributed by atoms with van der Waals surface area (Å²) in [6.45, 7) is 1.28. The van der Waals surface area contributed by atoms with Crippen molar-refractivity contribution in [2.45, 2.75) is 13.1 Å². The van der Waals surface area contributed by atoms with Crippen molar-refractivity contribution in [2.75, 3.05) is 5.32 Å². The van der Waals surface area contributed by atoms with Crippen molar-refractivity contribution in [2.24, 2.45) is 5.73 Å². The van der Waals surface area contributed by atoms with Gasteiger partial charge < -0.3 is 11.1 Å². The van der Waals surface area contributed by atoms with Crippen LogP contribution in [0.4, 0.5) is 5.69 Å². The van der Waals surface area contributed by atoms with Gasteiger partial charge in [0, 0.05) is 25.0 Å². The molecule has 3 N–H and O–H groups in total. The molecule has 0 aliphatic carbocycles. The lowest BCUT2D eigenvalue weighted by atomic mass is 10.2. The third kappa shape index (κ3) is 2.81. The van der Waals surface area contributed by atoms with Crippen LogP contribution in [0.3, 0.4) is 0 Å². The van der Waals surface area contributed by atoms with Gasteiger partial charge in [0.2, 0.25) is 0 Å². The van der Waals surface area contributed by atoms with Gasteiger partial charge in [0.05, 0.1) is 5.69 Å². The van der Waals surface area contributed by atoms with Crippen LogP contribution in [0.25, 0.3) is 0 Å². The van der Waals surface area contributed by atoms with Gasteiger partial charge in [-0.2, -0.15) is 0 Å². The van der Waals surface area contributed by atoms with Gasteiger partial charge in [0.1, 0.15) is 0 Å². The van der Waals surface area contributed by atoms with E-state index in [0.717, 1.165) is 17.9 Å². The zero-order chi connectivity index (χ0) is 11.2. The number of nitrogens with zero attached hydrogens (tertiary/aromatic N) is 1. The minimum absolute atomic E-state index is 0.485. The molecule has 0 atom stereocenters. The topological polar surface area (TPSA) is 50.9 Å². The molecule has 1 aromatic heterocycles. The Hall–Kier alpha value is -1.87. The summed E-state index contributed by atoms with van der Waals surface area (Å²) in [6.07, 6.45) is 1.80. The van der Waals surface area contributed by atoms with Gasteiger partial charge >= 0.3 is 0 Å². The van der Waals surface area contributed by atoms with Gasteiger partial charge in [-0.25, -0.2) is 0 Å². The van der Waals surface area contributed by atoms with Crippen molar-refractivity contribution < 1.29 is 0 Å². The monoisotopic (exact) mass is 213 g/mol. The lowest BCUT2D eigenvalue weighted by Crippen LogP contribution is -2.03. The highest BCUT2D eigenvalue weighted by Gasteiger charge is 1.96. The molecule has 0 fully saturated rings. The maximum absolute atomic E-state index is 5.54. The van der Waals surface area contributed by atoms with Crippen molar-refractivity contribution >= 4 is 5.69 Å². The Labute approximate surface area is 95.3 Å². The molecule has 0 bridgehead atoms. The van der Waals surface area contributed by atoms with E-state index in [4.69, 9.17) is 5.73 Å². The molecular weight excluding hydrogens is 198 g/mol. The minimum atomic E-state index is 0.485. The van der Waals surface area contributed by atoms with Gasteiger partial charge in [-0.1, -0.05) is 18.2 Å². The largest absolute Gasteiger partial charge is 0.381 e. The molecule has 0 spiro atoms. The number of rotatable bonds is 4. The highest BCUT2D eigenvalue weighted by molar-refractivity contribution is 5.43. The number of hydrogen-bond acceptors (Lipinski definition) is 3. The van der Waals surface area contributed by atoms with Crippen LogP contribution in [-0.2, 0) is 13.1 Å². The zero-order valence-corrected chi connectivity index (χ0v) is 9.06. The second kappa shape index (κ2) is 5.28. The molecule has 0 aliphatic heterocycles. The number of para-hydroxylation sites is 1. The average molecular weight is 213 g/mol. The Morgan fingerprint density at radius 1 is 1.12 bits per heavy atom. The number of pyridine rings is 1. The molecule has 3 nitrogen and oxygen atoms in total. The molecule has 0 amide bonds. The smallest absolute Gasteiger partial charge is 0.0542 e. The first-order valence-electron chi connectivity index (χ1n) is 5.31. The first-order chi connectivity index (χ1) is 7.88.